The predicted molar refractivity (Wildman–Crippen MR) is 82.8 cm³/mol. The molecule has 0 aliphatic carbocycles. The molecule has 0 aliphatic rings. The van der Waals surface area contributed by atoms with Crippen LogP contribution in [0.2, 0.25) is 0 Å². The molecule has 2 rings (SSSR count). The fourth-order valence-corrected chi connectivity index (χ4v) is 2.53. The highest BCUT2D eigenvalue weighted by atomic mass is 127. The van der Waals surface area contributed by atoms with E-state index in [9.17, 15) is 4.79 Å². The molecule has 0 unspecified atom stereocenters. The van der Waals surface area contributed by atoms with Crippen LogP contribution < -0.4 is 0 Å². The van der Waals surface area contributed by atoms with E-state index in [0.29, 0.717) is 5.82 Å². The zero-order chi connectivity index (χ0) is 14.2. The molecule has 0 amide bonds. The molecule has 19 heavy (non-hydrogen) atoms. The molecular formula is C12H11BrIN3O2. The molecule has 1 N–H and O–H groups in total. The number of hydrogen-bond donors (Lipinski definition) is 1. The van der Waals surface area contributed by atoms with Crippen molar-refractivity contribution >= 4 is 44.5 Å². The molecule has 2 aromatic rings. The Bertz CT molecular complexity index is 640. The minimum atomic E-state index is -1.12. The Kier molecular flexibility index (Phi) is 4.24. The quantitative estimate of drug-likeness (QED) is 0.749. The van der Waals surface area contributed by atoms with Crippen LogP contribution in [0.3, 0.4) is 0 Å². The van der Waals surface area contributed by atoms with E-state index in [1.54, 1.807) is 4.68 Å². The van der Waals surface area contributed by atoms with Crippen molar-refractivity contribution in [2.45, 2.75) is 19.8 Å². The normalized spacial score (nSPS) is 11.0. The summed E-state index contributed by atoms with van der Waals surface area (Å²) in [5.41, 5.74) is 0.818. The summed E-state index contributed by atoms with van der Waals surface area (Å²) in [4.78, 5) is 15.1. The van der Waals surface area contributed by atoms with Gasteiger partial charge in [-0.15, -0.1) is 5.10 Å². The molecule has 5 nitrogen and oxygen atoms in total. The summed E-state index contributed by atoms with van der Waals surface area (Å²) in [6.45, 7) is 3.91. The van der Waals surface area contributed by atoms with Crippen LogP contribution in [0.4, 0.5) is 0 Å². The van der Waals surface area contributed by atoms with E-state index < -0.39 is 5.97 Å². The van der Waals surface area contributed by atoms with Crippen LogP contribution in [0.5, 0.6) is 0 Å². The Morgan fingerprint density at radius 2 is 2.16 bits per heavy atom. The number of rotatable bonds is 3. The number of carboxylic acids is 1. The van der Waals surface area contributed by atoms with E-state index >= 15 is 0 Å². The topological polar surface area (TPSA) is 68.0 Å². The molecular weight excluding hydrogens is 425 g/mol. The molecule has 0 aliphatic heterocycles. The number of nitrogens with zero attached hydrogens (tertiary/aromatic N) is 3. The average molecular weight is 436 g/mol. The van der Waals surface area contributed by atoms with Crippen LogP contribution in [-0.2, 0) is 0 Å². The fourth-order valence-electron chi connectivity index (χ4n) is 1.61. The third kappa shape index (κ3) is 2.97. The summed E-state index contributed by atoms with van der Waals surface area (Å²) < 4.78 is 3.48. The number of carboxylic acid groups (broad SMARTS) is 1. The summed E-state index contributed by atoms with van der Waals surface area (Å²) in [5, 5.41) is 13.1. The van der Waals surface area contributed by atoms with Crippen molar-refractivity contribution in [3.05, 3.63) is 37.9 Å². The van der Waals surface area contributed by atoms with Crippen molar-refractivity contribution in [1.82, 2.24) is 14.8 Å². The van der Waals surface area contributed by atoms with Crippen LogP contribution in [0.25, 0.3) is 5.69 Å². The Morgan fingerprint density at radius 1 is 1.47 bits per heavy atom. The SMILES string of the molecule is CC(C)c1nc(C(=O)O)nn1-c1cc(Br)ccc1I. The highest BCUT2D eigenvalue weighted by Crippen LogP contribution is 2.25. The van der Waals surface area contributed by atoms with Gasteiger partial charge in [-0.25, -0.2) is 14.5 Å². The van der Waals surface area contributed by atoms with Gasteiger partial charge in [-0.05, 0) is 40.8 Å². The smallest absolute Gasteiger partial charge is 0.375 e. The van der Waals surface area contributed by atoms with E-state index in [0.717, 1.165) is 13.7 Å². The number of benzene rings is 1. The van der Waals surface area contributed by atoms with Gasteiger partial charge in [0.1, 0.15) is 5.82 Å². The summed E-state index contributed by atoms with van der Waals surface area (Å²) in [6, 6.07) is 5.76. The van der Waals surface area contributed by atoms with Crippen molar-refractivity contribution in [2.24, 2.45) is 0 Å². The first-order chi connectivity index (χ1) is 8.90. The van der Waals surface area contributed by atoms with Gasteiger partial charge in [-0.3, -0.25) is 0 Å². The zero-order valence-electron chi connectivity index (χ0n) is 10.3. The molecule has 0 saturated carbocycles. The number of aromatic carboxylic acids is 1. The number of carbonyl (C=O) groups is 1. The minimum absolute atomic E-state index is 0.0791. The number of halogens is 2. The van der Waals surface area contributed by atoms with E-state index in [4.69, 9.17) is 5.11 Å². The maximum Gasteiger partial charge on any atom is 0.375 e. The molecule has 0 spiro atoms. The molecule has 0 radical (unpaired) electrons. The monoisotopic (exact) mass is 435 g/mol. The lowest BCUT2D eigenvalue weighted by Crippen LogP contribution is -2.06. The van der Waals surface area contributed by atoms with Gasteiger partial charge in [0.05, 0.1) is 5.69 Å². The maximum atomic E-state index is 11.0. The molecule has 0 saturated heterocycles. The lowest BCUT2D eigenvalue weighted by Gasteiger charge is -2.10. The summed E-state index contributed by atoms with van der Waals surface area (Å²) >= 11 is 5.60. The molecule has 1 heterocycles. The average Bonchev–Trinajstić information content (AvgIpc) is 2.77. The molecule has 1 aromatic carbocycles. The van der Waals surface area contributed by atoms with Crippen molar-refractivity contribution < 1.29 is 9.90 Å². The van der Waals surface area contributed by atoms with Gasteiger partial charge in [0.15, 0.2) is 0 Å². The lowest BCUT2D eigenvalue weighted by atomic mass is 10.2. The molecule has 100 valence electrons. The zero-order valence-corrected chi connectivity index (χ0v) is 14.0. The first-order valence-corrected chi connectivity index (χ1v) is 7.43. The van der Waals surface area contributed by atoms with Crippen LogP contribution in [0, 0.1) is 3.57 Å². The molecule has 7 heteroatoms. The first-order valence-electron chi connectivity index (χ1n) is 5.56. The number of hydrogen-bond acceptors (Lipinski definition) is 3. The van der Waals surface area contributed by atoms with Crippen molar-refractivity contribution in [2.75, 3.05) is 0 Å². The fraction of sp³-hybridized carbons (Fsp3) is 0.250. The third-order valence-corrected chi connectivity index (χ3v) is 3.88. The molecule has 0 bridgehead atoms. The Morgan fingerprint density at radius 3 is 2.74 bits per heavy atom. The molecule has 0 fully saturated rings. The van der Waals surface area contributed by atoms with E-state index in [1.165, 1.54) is 0 Å². The molecule has 0 atom stereocenters. The highest BCUT2D eigenvalue weighted by Gasteiger charge is 2.19. The third-order valence-electron chi connectivity index (χ3n) is 2.48. The second-order valence-electron chi connectivity index (χ2n) is 4.26. The second-order valence-corrected chi connectivity index (χ2v) is 6.34. The first kappa shape index (κ1) is 14.4. The summed E-state index contributed by atoms with van der Waals surface area (Å²) in [6.07, 6.45) is 0. The molecule has 1 aromatic heterocycles. The van der Waals surface area contributed by atoms with Crippen LogP contribution in [0.1, 0.15) is 36.2 Å². The van der Waals surface area contributed by atoms with Crippen molar-refractivity contribution in [1.29, 1.82) is 0 Å². The van der Waals surface area contributed by atoms with Gasteiger partial charge in [0, 0.05) is 14.0 Å². The van der Waals surface area contributed by atoms with Gasteiger partial charge in [-0.1, -0.05) is 29.8 Å². The highest BCUT2D eigenvalue weighted by molar-refractivity contribution is 14.1. The van der Waals surface area contributed by atoms with Crippen LogP contribution in [0.15, 0.2) is 22.7 Å². The van der Waals surface area contributed by atoms with Crippen LogP contribution in [-0.4, -0.2) is 25.8 Å². The second kappa shape index (κ2) is 5.58. The number of aromatic nitrogens is 3. The van der Waals surface area contributed by atoms with Crippen molar-refractivity contribution in [3.8, 4) is 5.69 Å². The Labute approximate surface area is 132 Å². The van der Waals surface area contributed by atoms with E-state index in [1.807, 2.05) is 32.0 Å². The van der Waals surface area contributed by atoms with Gasteiger partial charge in [-0.2, -0.15) is 0 Å². The maximum absolute atomic E-state index is 11.0. The van der Waals surface area contributed by atoms with E-state index in [2.05, 4.69) is 48.6 Å². The predicted octanol–water partition coefficient (Wildman–Crippen LogP) is 3.46. The van der Waals surface area contributed by atoms with E-state index in [-0.39, 0.29) is 11.7 Å². The summed E-state index contributed by atoms with van der Waals surface area (Å²) in [7, 11) is 0. The summed E-state index contributed by atoms with van der Waals surface area (Å²) in [5.74, 6) is -0.589. The van der Waals surface area contributed by atoms with Gasteiger partial charge >= 0.3 is 5.97 Å². The Balaban J connectivity index is 2.66. The van der Waals surface area contributed by atoms with Crippen molar-refractivity contribution in [3.63, 3.8) is 0 Å². The van der Waals surface area contributed by atoms with Crippen LogP contribution >= 0.6 is 38.5 Å². The largest absolute Gasteiger partial charge is 0.475 e. The van der Waals surface area contributed by atoms with Gasteiger partial charge < -0.3 is 5.11 Å². The lowest BCUT2D eigenvalue weighted by molar-refractivity contribution is 0.0683. The minimum Gasteiger partial charge on any atom is -0.475 e. The van der Waals surface area contributed by atoms with Gasteiger partial charge in [0.2, 0.25) is 0 Å². The Hall–Kier alpha value is -0.960. The van der Waals surface area contributed by atoms with Gasteiger partial charge in [0.25, 0.3) is 5.82 Å². The standard InChI is InChI=1S/C12H11BrIN3O2/c1-6(2)11-15-10(12(18)19)16-17(11)9-5-7(13)3-4-8(9)14/h3-6H,1-2H3,(H,18,19).